The van der Waals surface area contributed by atoms with E-state index >= 15 is 0 Å². The largest absolute Gasteiger partial charge is 0.493 e. The lowest BCUT2D eigenvalue weighted by atomic mass is 10.1. The maximum atomic E-state index is 13.0. The fourth-order valence-corrected chi connectivity index (χ4v) is 6.27. The lowest BCUT2D eigenvalue weighted by Gasteiger charge is -2.34. The van der Waals surface area contributed by atoms with Crippen LogP contribution in [0.15, 0.2) is 109 Å². The second kappa shape index (κ2) is 18.8. The van der Waals surface area contributed by atoms with Gasteiger partial charge in [0, 0.05) is 61.9 Å². The van der Waals surface area contributed by atoms with E-state index in [9.17, 15) is 4.79 Å². The van der Waals surface area contributed by atoms with Gasteiger partial charge in [-0.25, -0.2) is 4.98 Å². The van der Waals surface area contributed by atoms with Gasteiger partial charge in [0.25, 0.3) is 0 Å². The highest BCUT2D eigenvalue weighted by Gasteiger charge is 2.20. The molecule has 0 saturated carbocycles. The molecule has 4 aromatic carbocycles. The van der Waals surface area contributed by atoms with E-state index in [-0.39, 0.29) is 18.3 Å². The zero-order chi connectivity index (χ0) is 35.6. The fourth-order valence-electron chi connectivity index (χ4n) is 5.77. The number of amides is 1. The third kappa shape index (κ3) is 11.0. The summed E-state index contributed by atoms with van der Waals surface area (Å²) < 4.78 is 17.7. The van der Waals surface area contributed by atoms with E-state index in [4.69, 9.17) is 37.4 Å². The fraction of sp³-hybridized carbons (Fsp3) is 0.238. The zero-order valence-electron chi connectivity index (χ0n) is 29.3. The van der Waals surface area contributed by atoms with Gasteiger partial charge in [0.15, 0.2) is 5.75 Å². The first-order valence-corrected chi connectivity index (χ1v) is 17.8. The topological polar surface area (TPSA) is 64.1 Å². The summed E-state index contributed by atoms with van der Waals surface area (Å²) in [6.07, 6.45) is 5.88. The van der Waals surface area contributed by atoms with E-state index < -0.39 is 0 Å². The molecule has 0 N–H and O–H groups in total. The number of hydrogen-bond acceptors (Lipinski definition) is 6. The van der Waals surface area contributed by atoms with Gasteiger partial charge in [-0.15, -0.1) is 12.4 Å². The van der Waals surface area contributed by atoms with Gasteiger partial charge in [-0.05, 0) is 78.6 Å². The van der Waals surface area contributed by atoms with Crippen LogP contribution in [0.4, 0.5) is 0 Å². The Hall–Kier alpha value is -4.53. The maximum Gasteiger partial charge on any atom is 0.246 e. The van der Waals surface area contributed by atoms with E-state index in [2.05, 4.69) is 53.2 Å². The molecule has 0 unspecified atom stereocenters. The average molecular weight is 759 g/mol. The molecule has 1 amide bonds. The van der Waals surface area contributed by atoms with Crippen LogP contribution in [0.5, 0.6) is 23.1 Å². The Morgan fingerprint density at radius 1 is 0.808 bits per heavy atom. The molecule has 5 aromatic rings. The summed E-state index contributed by atoms with van der Waals surface area (Å²) >= 11 is 12.8. The number of aromatic nitrogens is 1. The van der Waals surface area contributed by atoms with Crippen LogP contribution in [0.25, 0.3) is 6.08 Å². The van der Waals surface area contributed by atoms with Crippen LogP contribution in [-0.2, 0) is 24.4 Å². The predicted octanol–water partition coefficient (Wildman–Crippen LogP) is 9.78. The van der Waals surface area contributed by atoms with E-state index in [0.29, 0.717) is 53.7 Å². The summed E-state index contributed by atoms with van der Waals surface area (Å²) in [6.45, 7) is 8.84. The number of carbonyl (C=O) groups excluding carboxylic acids is 1. The van der Waals surface area contributed by atoms with Crippen molar-refractivity contribution in [2.45, 2.75) is 33.4 Å². The lowest BCUT2D eigenvalue weighted by Crippen LogP contribution is -2.47. The molecule has 0 spiro atoms. The van der Waals surface area contributed by atoms with Gasteiger partial charge in [0.05, 0.1) is 17.8 Å². The molecule has 0 aliphatic carbocycles. The molecule has 1 fully saturated rings. The molecule has 0 bridgehead atoms. The quantitative estimate of drug-likeness (QED) is 0.112. The number of ether oxygens (including phenoxy) is 3. The molecule has 1 saturated heterocycles. The summed E-state index contributed by atoms with van der Waals surface area (Å²) in [7, 11) is 0. The average Bonchev–Trinajstić information content (AvgIpc) is 3.14. The maximum absolute atomic E-state index is 13.0. The number of hydrogen-bond donors (Lipinski definition) is 0. The zero-order valence-corrected chi connectivity index (χ0v) is 31.6. The van der Waals surface area contributed by atoms with Crippen molar-refractivity contribution in [3.8, 4) is 23.1 Å². The Morgan fingerprint density at radius 2 is 1.52 bits per heavy atom. The van der Waals surface area contributed by atoms with Gasteiger partial charge in [0.2, 0.25) is 11.8 Å². The van der Waals surface area contributed by atoms with Crippen molar-refractivity contribution in [3.63, 3.8) is 0 Å². The normalized spacial score (nSPS) is 13.1. The summed E-state index contributed by atoms with van der Waals surface area (Å²) in [4.78, 5) is 21.7. The number of pyridine rings is 1. The van der Waals surface area contributed by atoms with Crippen molar-refractivity contribution in [3.05, 3.63) is 153 Å². The monoisotopic (exact) mass is 757 g/mol. The number of nitrogens with zero attached hydrogens (tertiary/aromatic N) is 3. The van der Waals surface area contributed by atoms with Crippen molar-refractivity contribution in [1.29, 1.82) is 0 Å². The first kappa shape index (κ1) is 38.7. The minimum absolute atomic E-state index is 0. The van der Waals surface area contributed by atoms with Crippen LogP contribution < -0.4 is 14.2 Å². The molecule has 270 valence electrons. The first-order chi connectivity index (χ1) is 24.8. The van der Waals surface area contributed by atoms with Gasteiger partial charge in [-0.2, -0.15) is 0 Å². The molecule has 10 heteroatoms. The second-order valence-corrected chi connectivity index (χ2v) is 13.4. The summed E-state index contributed by atoms with van der Waals surface area (Å²) in [5.41, 5.74) is 6.29. The predicted molar refractivity (Wildman–Crippen MR) is 211 cm³/mol. The van der Waals surface area contributed by atoms with Crippen molar-refractivity contribution in [2.75, 3.05) is 32.8 Å². The molecule has 0 atom stereocenters. The molecule has 7 nitrogen and oxygen atoms in total. The molecule has 0 radical (unpaired) electrons. The highest BCUT2D eigenvalue weighted by Crippen LogP contribution is 2.34. The van der Waals surface area contributed by atoms with E-state index in [1.54, 1.807) is 36.5 Å². The van der Waals surface area contributed by atoms with E-state index in [0.717, 1.165) is 48.5 Å². The number of benzene rings is 4. The van der Waals surface area contributed by atoms with Gasteiger partial charge in [-0.3, -0.25) is 9.69 Å². The Labute approximate surface area is 322 Å². The molecule has 6 rings (SSSR count). The number of halogens is 3. The molecule has 1 aliphatic heterocycles. The highest BCUT2D eigenvalue weighted by atomic mass is 35.5. The van der Waals surface area contributed by atoms with E-state index in [1.807, 2.05) is 54.3 Å². The second-order valence-electron chi connectivity index (χ2n) is 12.6. The summed E-state index contributed by atoms with van der Waals surface area (Å²) in [5, 5.41) is 1.09. The third-order valence-electron chi connectivity index (χ3n) is 8.73. The first-order valence-electron chi connectivity index (χ1n) is 17.1. The number of piperazine rings is 1. The van der Waals surface area contributed by atoms with Crippen molar-refractivity contribution < 1.29 is 19.0 Å². The highest BCUT2D eigenvalue weighted by molar-refractivity contribution is 6.32. The Morgan fingerprint density at radius 3 is 2.21 bits per heavy atom. The van der Waals surface area contributed by atoms with Crippen LogP contribution in [-0.4, -0.2) is 53.5 Å². The van der Waals surface area contributed by atoms with Crippen LogP contribution in [0, 0.1) is 13.8 Å². The molecule has 1 aliphatic rings. The molecule has 1 aromatic heterocycles. The summed E-state index contributed by atoms with van der Waals surface area (Å²) in [5.74, 6) is 2.38. The molecule has 2 heterocycles. The third-order valence-corrected chi connectivity index (χ3v) is 9.38. The van der Waals surface area contributed by atoms with Crippen LogP contribution in [0.3, 0.4) is 0 Å². The van der Waals surface area contributed by atoms with Crippen molar-refractivity contribution in [1.82, 2.24) is 14.8 Å². The number of aryl methyl sites for hydroxylation is 2. The van der Waals surface area contributed by atoms with Crippen molar-refractivity contribution >= 4 is 47.6 Å². The Bertz CT molecular complexity index is 1920. The molecular weight excluding hydrogens is 717 g/mol. The van der Waals surface area contributed by atoms with Crippen LogP contribution in [0.1, 0.15) is 33.4 Å². The van der Waals surface area contributed by atoms with Crippen LogP contribution >= 0.6 is 35.6 Å². The summed E-state index contributed by atoms with van der Waals surface area (Å²) in [6, 6.07) is 31.7. The van der Waals surface area contributed by atoms with Gasteiger partial charge < -0.3 is 19.1 Å². The molecular formula is C42H42Cl3N3O4. The minimum atomic E-state index is -0.0120. The van der Waals surface area contributed by atoms with Crippen molar-refractivity contribution in [2.24, 2.45) is 0 Å². The number of rotatable bonds is 13. The van der Waals surface area contributed by atoms with Gasteiger partial charge in [-0.1, -0.05) is 83.4 Å². The van der Waals surface area contributed by atoms with E-state index in [1.165, 1.54) is 16.7 Å². The Kier molecular flexibility index (Phi) is 14.0. The van der Waals surface area contributed by atoms with Gasteiger partial charge in [0.1, 0.15) is 18.1 Å². The number of carbonyl (C=O) groups is 1. The smallest absolute Gasteiger partial charge is 0.246 e. The standard InChI is InChI=1S/C42H41Cl2N3O4.ClH/c1-30-7-14-36(15-8-30)49-24-19-32-9-11-33(12-10-32)28-46-20-22-47(23-21-46)41(48)18-13-34-25-31(2)42(39(44)26-34)51-40-17-16-37(27-45-40)50-29-35-5-3-4-6-38(35)43;/h3-18,25-27H,19-24,28-29H2,1-2H3;1H. The SMILES string of the molecule is Cc1ccc(OCCc2ccc(CN3CCN(C(=O)C=Cc4cc(C)c(Oc5ccc(OCc6ccccc6Cl)cn5)c(Cl)c4)CC3)cc2)cc1.Cl. The van der Waals surface area contributed by atoms with Gasteiger partial charge >= 0.3 is 0 Å². The van der Waals surface area contributed by atoms with Crippen LogP contribution in [0.2, 0.25) is 10.0 Å². The molecule has 52 heavy (non-hydrogen) atoms. The lowest BCUT2D eigenvalue weighted by molar-refractivity contribution is -0.127. The Balaban J connectivity index is 0.00000523. The minimum Gasteiger partial charge on any atom is -0.493 e.